The summed E-state index contributed by atoms with van der Waals surface area (Å²) < 4.78 is 28.1. The SMILES string of the molecule is CCCCCCCCCCCCCC(=O)OCC(COC(=O)CCCCCCCCCCCCC)OC(=O)CCC(CCCCCCCCCCCC)OC(=O)OCCCN(CC)CC. The van der Waals surface area contributed by atoms with E-state index in [0.717, 1.165) is 83.8 Å². The quantitative estimate of drug-likeness (QED) is 0.0331. The normalized spacial score (nSPS) is 11.9. The predicted octanol–water partition coefficient (Wildman–Crippen LogP) is 15.7. The standard InChI is InChI=1S/C55H105NO9/c1-6-11-14-17-20-23-26-29-32-35-38-42-52(57)62-48-51(49-63-53(58)43-39-36-33-30-27-24-21-18-15-12-7-2)64-54(59)45-44-50(41-37-34-31-28-25-22-19-16-13-8-3)65-55(60)61-47-40-46-56(9-4)10-5/h50-51H,6-49H2,1-5H3. The molecule has 0 aromatic heterocycles. The van der Waals surface area contributed by atoms with Crippen LogP contribution in [0.1, 0.15) is 279 Å². The minimum atomic E-state index is -0.915. The topological polar surface area (TPSA) is 118 Å². The minimum absolute atomic E-state index is 0.00748. The Hall–Kier alpha value is -2.36. The van der Waals surface area contributed by atoms with Gasteiger partial charge in [0.15, 0.2) is 6.10 Å². The van der Waals surface area contributed by atoms with Crippen molar-refractivity contribution in [3.8, 4) is 0 Å². The number of ether oxygens (including phenoxy) is 5. The first-order chi connectivity index (χ1) is 31.8. The van der Waals surface area contributed by atoms with Gasteiger partial charge in [-0.15, -0.1) is 0 Å². The predicted molar refractivity (Wildman–Crippen MR) is 268 cm³/mol. The molecule has 1 atom stereocenters. The largest absolute Gasteiger partial charge is 0.508 e. The maximum atomic E-state index is 13.3. The summed E-state index contributed by atoms with van der Waals surface area (Å²) >= 11 is 0. The molecular formula is C55H105NO9. The van der Waals surface area contributed by atoms with Crippen molar-refractivity contribution < 1.29 is 42.9 Å². The van der Waals surface area contributed by atoms with Gasteiger partial charge in [-0.3, -0.25) is 14.4 Å². The van der Waals surface area contributed by atoms with Crippen LogP contribution in [0.5, 0.6) is 0 Å². The molecule has 0 spiro atoms. The molecule has 0 aromatic rings. The molecule has 0 N–H and O–H groups in total. The van der Waals surface area contributed by atoms with E-state index in [2.05, 4.69) is 39.5 Å². The van der Waals surface area contributed by atoms with Gasteiger partial charge in [0.05, 0.1) is 6.61 Å². The Morgan fingerprint density at radius 2 is 0.723 bits per heavy atom. The van der Waals surface area contributed by atoms with E-state index in [1.807, 2.05) is 0 Å². The highest BCUT2D eigenvalue weighted by Gasteiger charge is 2.22. The lowest BCUT2D eigenvalue weighted by molar-refractivity contribution is -0.167. The summed E-state index contributed by atoms with van der Waals surface area (Å²) in [5.41, 5.74) is 0. The summed E-state index contributed by atoms with van der Waals surface area (Å²) in [5.74, 6) is -1.19. The van der Waals surface area contributed by atoms with E-state index < -0.39 is 24.3 Å². The molecule has 0 rings (SSSR count). The van der Waals surface area contributed by atoms with Crippen LogP contribution >= 0.6 is 0 Å². The molecule has 0 aromatic carbocycles. The van der Waals surface area contributed by atoms with Crippen molar-refractivity contribution in [2.24, 2.45) is 0 Å². The molecule has 0 amide bonds. The molecule has 0 aliphatic heterocycles. The van der Waals surface area contributed by atoms with Crippen LogP contribution in [0.3, 0.4) is 0 Å². The van der Waals surface area contributed by atoms with Gasteiger partial charge in [-0.25, -0.2) is 4.79 Å². The van der Waals surface area contributed by atoms with Gasteiger partial charge >= 0.3 is 24.1 Å². The van der Waals surface area contributed by atoms with E-state index in [1.165, 1.54) is 148 Å². The Labute approximate surface area is 400 Å². The molecule has 0 heterocycles. The molecule has 0 aliphatic rings. The fourth-order valence-electron chi connectivity index (χ4n) is 8.30. The van der Waals surface area contributed by atoms with Crippen LogP contribution in [0.25, 0.3) is 0 Å². The Kier molecular flexibility index (Phi) is 47.7. The molecular weight excluding hydrogens is 819 g/mol. The number of hydrogen-bond acceptors (Lipinski definition) is 10. The Bertz CT molecular complexity index is 1030. The zero-order chi connectivity index (χ0) is 47.7. The minimum Gasteiger partial charge on any atom is -0.462 e. The van der Waals surface area contributed by atoms with Crippen LogP contribution < -0.4 is 0 Å². The average Bonchev–Trinajstić information content (AvgIpc) is 3.30. The van der Waals surface area contributed by atoms with Gasteiger partial charge in [-0.2, -0.15) is 0 Å². The van der Waals surface area contributed by atoms with Gasteiger partial charge in [-0.1, -0.05) is 221 Å². The summed E-state index contributed by atoms with van der Waals surface area (Å²) in [6, 6.07) is 0. The van der Waals surface area contributed by atoms with Crippen molar-refractivity contribution in [2.75, 3.05) is 39.5 Å². The summed E-state index contributed by atoms with van der Waals surface area (Å²) in [7, 11) is 0. The van der Waals surface area contributed by atoms with Crippen LogP contribution in [0, 0.1) is 0 Å². The maximum Gasteiger partial charge on any atom is 0.508 e. The van der Waals surface area contributed by atoms with Gasteiger partial charge in [0.25, 0.3) is 0 Å². The fourth-order valence-corrected chi connectivity index (χ4v) is 8.30. The van der Waals surface area contributed by atoms with E-state index >= 15 is 0 Å². The first-order valence-electron chi connectivity index (χ1n) is 27.9. The second-order valence-corrected chi connectivity index (χ2v) is 18.8. The first kappa shape index (κ1) is 62.6. The van der Waals surface area contributed by atoms with E-state index in [9.17, 15) is 19.2 Å². The van der Waals surface area contributed by atoms with Gasteiger partial charge in [0.2, 0.25) is 0 Å². The molecule has 0 aliphatic carbocycles. The van der Waals surface area contributed by atoms with Crippen molar-refractivity contribution in [2.45, 2.75) is 291 Å². The lowest BCUT2D eigenvalue weighted by Crippen LogP contribution is -2.31. The molecule has 0 fully saturated rings. The van der Waals surface area contributed by atoms with Gasteiger partial charge in [0.1, 0.15) is 19.3 Å². The fraction of sp³-hybridized carbons (Fsp3) is 0.927. The van der Waals surface area contributed by atoms with Crippen molar-refractivity contribution in [1.82, 2.24) is 4.90 Å². The van der Waals surface area contributed by atoms with Crippen molar-refractivity contribution in [3.05, 3.63) is 0 Å². The summed E-state index contributed by atoms with van der Waals surface area (Å²) in [5, 5.41) is 0. The number of nitrogens with zero attached hydrogens (tertiary/aromatic N) is 1. The highest BCUT2D eigenvalue weighted by molar-refractivity contribution is 5.71. The van der Waals surface area contributed by atoms with Crippen molar-refractivity contribution in [3.63, 3.8) is 0 Å². The lowest BCUT2D eigenvalue weighted by Gasteiger charge is -2.20. The van der Waals surface area contributed by atoms with Crippen LogP contribution in [0.2, 0.25) is 0 Å². The van der Waals surface area contributed by atoms with Gasteiger partial charge in [0, 0.05) is 25.8 Å². The zero-order valence-electron chi connectivity index (χ0n) is 43.4. The number of hydrogen-bond donors (Lipinski definition) is 0. The van der Waals surface area contributed by atoms with E-state index in [-0.39, 0.29) is 44.6 Å². The summed E-state index contributed by atoms with van der Waals surface area (Å²) in [4.78, 5) is 53.8. The second-order valence-electron chi connectivity index (χ2n) is 18.8. The third-order valence-electron chi connectivity index (χ3n) is 12.7. The number of carbonyl (C=O) groups is 4. The van der Waals surface area contributed by atoms with Crippen LogP contribution in [-0.2, 0) is 38.1 Å². The van der Waals surface area contributed by atoms with Crippen molar-refractivity contribution in [1.29, 1.82) is 0 Å². The van der Waals surface area contributed by atoms with Crippen LogP contribution in [0.4, 0.5) is 4.79 Å². The van der Waals surface area contributed by atoms with Crippen molar-refractivity contribution >= 4 is 24.1 Å². The summed E-state index contributed by atoms with van der Waals surface area (Å²) in [6.45, 7) is 13.6. The summed E-state index contributed by atoms with van der Waals surface area (Å²) in [6.07, 6.45) is 38.4. The number of rotatable bonds is 50. The Morgan fingerprint density at radius 1 is 0.354 bits per heavy atom. The second kappa shape index (κ2) is 49.5. The molecule has 10 nitrogen and oxygen atoms in total. The smallest absolute Gasteiger partial charge is 0.462 e. The first-order valence-corrected chi connectivity index (χ1v) is 27.9. The Balaban J connectivity index is 5.11. The molecule has 384 valence electrons. The lowest BCUT2D eigenvalue weighted by atomic mass is 10.0. The average molecular weight is 924 g/mol. The Morgan fingerprint density at radius 3 is 1.11 bits per heavy atom. The number of unbranched alkanes of at least 4 members (excludes halogenated alkanes) is 29. The zero-order valence-corrected chi connectivity index (χ0v) is 43.4. The molecule has 0 radical (unpaired) electrons. The highest BCUT2D eigenvalue weighted by atomic mass is 16.7. The van der Waals surface area contributed by atoms with Gasteiger partial charge < -0.3 is 28.6 Å². The van der Waals surface area contributed by atoms with Crippen LogP contribution in [-0.4, -0.2) is 80.6 Å². The van der Waals surface area contributed by atoms with E-state index in [0.29, 0.717) is 19.3 Å². The van der Waals surface area contributed by atoms with E-state index in [1.54, 1.807) is 0 Å². The van der Waals surface area contributed by atoms with Gasteiger partial charge in [-0.05, 0) is 51.6 Å². The molecule has 0 saturated heterocycles. The third kappa shape index (κ3) is 45.2. The number of esters is 3. The number of carbonyl (C=O) groups excluding carboxylic acids is 4. The molecule has 65 heavy (non-hydrogen) atoms. The third-order valence-corrected chi connectivity index (χ3v) is 12.7. The monoisotopic (exact) mass is 924 g/mol. The maximum absolute atomic E-state index is 13.3. The molecule has 0 saturated carbocycles. The van der Waals surface area contributed by atoms with E-state index in [4.69, 9.17) is 23.7 Å². The molecule has 0 bridgehead atoms. The highest BCUT2D eigenvalue weighted by Crippen LogP contribution is 2.18. The van der Waals surface area contributed by atoms with Crippen LogP contribution in [0.15, 0.2) is 0 Å². The molecule has 1 unspecified atom stereocenters. The molecule has 10 heteroatoms.